The number of hydrogen-bond donors (Lipinski definition) is 0. The molecule has 26 heavy (non-hydrogen) atoms. The van der Waals surface area contributed by atoms with Gasteiger partial charge in [-0.2, -0.15) is 0 Å². The van der Waals surface area contributed by atoms with Crippen LogP contribution in [0.15, 0.2) is 36.5 Å². The Balaban J connectivity index is 1.71. The first-order valence-electron chi connectivity index (χ1n) is 8.30. The van der Waals surface area contributed by atoms with Gasteiger partial charge in [-0.05, 0) is 25.5 Å². The molecule has 0 aliphatic carbocycles. The lowest BCUT2D eigenvalue weighted by Crippen LogP contribution is -2.44. The number of para-hydroxylation sites is 1. The van der Waals surface area contributed by atoms with Crippen molar-refractivity contribution in [2.24, 2.45) is 0 Å². The van der Waals surface area contributed by atoms with Gasteiger partial charge in [0.1, 0.15) is 0 Å². The molecule has 2 heterocycles. The van der Waals surface area contributed by atoms with Crippen molar-refractivity contribution in [3.8, 4) is 0 Å². The van der Waals surface area contributed by atoms with Gasteiger partial charge in [-0.15, -0.1) is 0 Å². The van der Waals surface area contributed by atoms with Gasteiger partial charge in [-0.25, -0.2) is 13.2 Å². The molecule has 1 aliphatic rings. The molecule has 1 aliphatic heterocycles. The number of benzene rings is 1. The average Bonchev–Trinajstić information content (AvgIpc) is 2.99. The number of carbonyl (C=O) groups excluding carboxylic acids is 2. The Hall–Kier alpha value is -2.48. The van der Waals surface area contributed by atoms with Crippen molar-refractivity contribution < 1.29 is 22.7 Å². The van der Waals surface area contributed by atoms with E-state index < -0.39 is 27.8 Å². The smallest absolute Gasteiger partial charge is 0.341 e. The predicted molar refractivity (Wildman–Crippen MR) is 96.4 cm³/mol. The van der Waals surface area contributed by atoms with Crippen molar-refractivity contribution in [1.29, 1.82) is 0 Å². The van der Waals surface area contributed by atoms with Gasteiger partial charge in [0.05, 0.1) is 22.6 Å². The van der Waals surface area contributed by atoms with Crippen LogP contribution in [0.25, 0.3) is 10.9 Å². The molecule has 1 amide bonds. The number of sulfone groups is 1. The van der Waals surface area contributed by atoms with Crippen LogP contribution in [0.5, 0.6) is 0 Å². The summed E-state index contributed by atoms with van der Waals surface area (Å²) in [6.07, 6.45) is 0.968. The molecule has 0 bridgehead atoms. The minimum absolute atomic E-state index is 0.0524. The summed E-state index contributed by atoms with van der Waals surface area (Å²) in [6, 6.07) is 8.39. The summed E-state index contributed by atoms with van der Waals surface area (Å²) < 4.78 is 28.5. The largest absolute Gasteiger partial charge is 0.449 e. The number of rotatable bonds is 4. The lowest BCUT2D eigenvalue weighted by molar-refractivity contribution is -0.140. The number of amides is 1. The number of ether oxygens (including phenoxy) is 1. The highest BCUT2D eigenvalue weighted by molar-refractivity contribution is 7.91. The molecule has 1 aromatic carbocycles. The Morgan fingerprint density at radius 1 is 1.27 bits per heavy atom. The van der Waals surface area contributed by atoms with Crippen LogP contribution in [0.2, 0.25) is 0 Å². The second-order valence-electron chi connectivity index (χ2n) is 6.43. The highest BCUT2D eigenvalue weighted by Gasteiger charge is 2.35. The molecule has 2 atom stereocenters. The number of likely N-dealkylation sites (N-methyl/N-ethyl adjacent to an activating group) is 1. The van der Waals surface area contributed by atoms with Gasteiger partial charge in [0, 0.05) is 24.7 Å². The van der Waals surface area contributed by atoms with Crippen LogP contribution < -0.4 is 0 Å². The summed E-state index contributed by atoms with van der Waals surface area (Å²) >= 11 is 0. The summed E-state index contributed by atoms with van der Waals surface area (Å²) in [5, 5.41) is 0.800. The Labute approximate surface area is 151 Å². The first-order valence-corrected chi connectivity index (χ1v) is 10.1. The summed E-state index contributed by atoms with van der Waals surface area (Å²) in [7, 11) is -1.56. The molecule has 3 rings (SSSR count). The van der Waals surface area contributed by atoms with Gasteiger partial charge < -0.3 is 9.64 Å². The zero-order valence-corrected chi connectivity index (χ0v) is 15.4. The Bertz CT molecular complexity index is 952. The maximum atomic E-state index is 12.5. The number of carbonyl (C=O) groups is 2. The van der Waals surface area contributed by atoms with Crippen LogP contribution in [0.3, 0.4) is 0 Å². The van der Waals surface area contributed by atoms with E-state index in [1.54, 1.807) is 24.4 Å². The Morgan fingerprint density at radius 2 is 2.00 bits per heavy atom. The van der Waals surface area contributed by atoms with Gasteiger partial charge in [-0.1, -0.05) is 18.2 Å². The number of hydrogen-bond acceptors (Lipinski definition) is 6. The number of aromatic nitrogens is 1. The van der Waals surface area contributed by atoms with Gasteiger partial charge >= 0.3 is 5.97 Å². The van der Waals surface area contributed by atoms with Crippen molar-refractivity contribution in [1.82, 2.24) is 9.88 Å². The van der Waals surface area contributed by atoms with E-state index in [1.165, 1.54) is 18.9 Å². The molecule has 8 heteroatoms. The fraction of sp³-hybridized carbons (Fsp3) is 0.389. The van der Waals surface area contributed by atoms with Crippen LogP contribution in [0.4, 0.5) is 0 Å². The van der Waals surface area contributed by atoms with Crippen LogP contribution in [-0.2, 0) is 19.4 Å². The molecule has 1 fully saturated rings. The molecule has 0 unspecified atom stereocenters. The van der Waals surface area contributed by atoms with E-state index in [0.717, 1.165) is 5.39 Å². The van der Waals surface area contributed by atoms with Crippen molar-refractivity contribution >= 4 is 32.6 Å². The first kappa shape index (κ1) is 18.3. The topological polar surface area (TPSA) is 93.6 Å². The molecule has 1 aromatic heterocycles. The fourth-order valence-electron chi connectivity index (χ4n) is 3.09. The van der Waals surface area contributed by atoms with Crippen molar-refractivity contribution in [2.45, 2.75) is 25.5 Å². The number of nitrogens with zero attached hydrogens (tertiary/aromatic N) is 2. The van der Waals surface area contributed by atoms with Gasteiger partial charge in [0.2, 0.25) is 0 Å². The molecule has 0 N–H and O–H groups in total. The number of pyridine rings is 1. The van der Waals surface area contributed by atoms with Gasteiger partial charge in [0.15, 0.2) is 15.9 Å². The molecule has 0 saturated carbocycles. The van der Waals surface area contributed by atoms with Crippen LogP contribution in [0, 0.1) is 0 Å². The molecule has 0 radical (unpaired) electrons. The summed E-state index contributed by atoms with van der Waals surface area (Å²) in [5.74, 6) is -1.04. The third kappa shape index (κ3) is 3.70. The number of esters is 1. The third-order valence-electron chi connectivity index (χ3n) is 4.59. The maximum absolute atomic E-state index is 12.5. The van der Waals surface area contributed by atoms with Crippen LogP contribution >= 0.6 is 0 Å². The Kier molecular flexibility index (Phi) is 4.95. The normalized spacial score (nSPS) is 19.8. The molecule has 1 saturated heterocycles. The van der Waals surface area contributed by atoms with Crippen LogP contribution in [-0.4, -0.2) is 60.9 Å². The minimum atomic E-state index is -3.10. The molecular formula is C18H20N2O5S. The second kappa shape index (κ2) is 7.03. The monoisotopic (exact) mass is 376 g/mol. The average molecular weight is 376 g/mol. The Morgan fingerprint density at radius 3 is 2.69 bits per heavy atom. The van der Waals surface area contributed by atoms with E-state index in [4.69, 9.17) is 4.74 Å². The second-order valence-corrected chi connectivity index (χ2v) is 8.66. The van der Waals surface area contributed by atoms with E-state index in [9.17, 15) is 18.0 Å². The molecule has 0 spiro atoms. The van der Waals surface area contributed by atoms with Crippen molar-refractivity contribution in [3.63, 3.8) is 0 Å². The highest BCUT2D eigenvalue weighted by atomic mass is 32.2. The summed E-state index contributed by atoms with van der Waals surface area (Å²) in [5.41, 5.74) is 0.795. The first-order chi connectivity index (χ1) is 12.3. The van der Waals surface area contributed by atoms with Crippen molar-refractivity contribution in [2.75, 3.05) is 18.6 Å². The minimum Gasteiger partial charge on any atom is -0.449 e. The molecule has 7 nitrogen and oxygen atoms in total. The standard InChI is InChI=1S/C18H20N2O5S/c1-12(17(21)20(2)14-8-10-26(23,24)11-14)25-18(22)15-7-3-5-13-6-4-9-19-16(13)15/h3-7,9,12,14H,8,10-11H2,1-2H3/t12-,14+/m1/s1. The molecular weight excluding hydrogens is 356 g/mol. The van der Waals surface area contributed by atoms with Crippen molar-refractivity contribution in [3.05, 3.63) is 42.1 Å². The lowest BCUT2D eigenvalue weighted by atomic mass is 10.1. The van der Waals surface area contributed by atoms with Crippen LogP contribution in [0.1, 0.15) is 23.7 Å². The third-order valence-corrected chi connectivity index (χ3v) is 6.34. The lowest BCUT2D eigenvalue weighted by Gasteiger charge is -2.26. The molecule has 138 valence electrons. The van der Waals surface area contributed by atoms with E-state index in [-0.39, 0.29) is 23.1 Å². The molecule has 2 aromatic rings. The SMILES string of the molecule is C[C@@H](OC(=O)c1cccc2cccnc12)C(=O)N(C)[C@H]1CCS(=O)(=O)C1. The maximum Gasteiger partial charge on any atom is 0.341 e. The van der Waals surface area contributed by atoms with E-state index in [0.29, 0.717) is 11.9 Å². The van der Waals surface area contributed by atoms with Gasteiger partial charge in [0.25, 0.3) is 5.91 Å². The fourth-order valence-corrected chi connectivity index (χ4v) is 4.87. The zero-order chi connectivity index (χ0) is 18.9. The summed E-state index contributed by atoms with van der Waals surface area (Å²) in [4.78, 5) is 30.6. The van der Waals surface area contributed by atoms with E-state index in [1.807, 2.05) is 12.1 Å². The predicted octanol–water partition coefficient (Wildman–Crippen LogP) is 1.43. The van der Waals surface area contributed by atoms with E-state index >= 15 is 0 Å². The zero-order valence-electron chi connectivity index (χ0n) is 14.6. The summed E-state index contributed by atoms with van der Waals surface area (Å²) in [6.45, 7) is 1.48. The van der Waals surface area contributed by atoms with E-state index in [2.05, 4.69) is 4.98 Å². The van der Waals surface area contributed by atoms with Gasteiger partial charge in [-0.3, -0.25) is 9.78 Å². The highest BCUT2D eigenvalue weighted by Crippen LogP contribution is 2.20. The quantitative estimate of drug-likeness (QED) is 0.750. The number of fused-ring (bicyclic) bond motifs is 1.